The summed E-state index contributed by atoms with van der Waals surface area (Å²) in [6, 6.07) is 4.13. The van der Waals surface area contributed by atoms with Crippen LogP contribution in [0.4, 0.5) is 17.6 Å². The first-order chi connectivity index (χ1) is 9.30. The lowest BCUT2D eigenvalue weighted by Crippen LogP contribution is -2.36. The minimum atomic E-state index is -4.31. The van der Waals surface area contributed by atoms with Gasteiger partial charge in [0.05, 0.1) is 12.0 Å². The van der Waals surface area contributed by atoms with Gasteiger partial charge in [0, 0.05) is 5.92 Å². The molecule has 2 rings (SSSR count). The molecular weight excluding hydrogens is 272 g/mol. The maximum atomic E-state index is 13.5. The molecule has 20 heavy (non-hydrogen) atoms. The van der Waals surface area contributed by atoms with Crippen LogP contribution >= 0.6 is 0 Å². The molecule has 1 aromatic carbocycles. The number of hydrogen-bond acceptors (Lipinski definition) is 1. The molecule has 0 heterocycles. The Bertz CT molecular complexity index is 469. The summed E-state index contributed by atoms with van der Waals surface area (Å²) in [7, 11) is 0. The molecule has 112 valence electrons. The van der Waals surface area contributed by atoms with Gasteiger partial charge in [0.1, 0.15) is 5.82 Å². The third-order valence-electron chi connectivity index (χ3n) is 4.18. The van der Waals surface area contributed by atoms with E-state index in [1.165, 1.54) is 12.1 Å². The van der Waals surface area contributed by atoms with Crippen LogP contribution in [0.3, 0.4) is 0 Å². The normalized spacial score (nSPS) is 25.5. The van der Waals surface area contributed by atoms with E-state index in [9.17, 15) is 22.7 Å². The van der Waals surface area contributed by atoms with E-state index in [1.807, 2.05) is 0 Å². The highest BCUT2D eigenvalue weighted by molar-refractivity contribution is 5.25. The number of halogens is 4. The Hall–Kier alpha value is -1.10. The minimum absolute atomic E-state index is 0.0412. The number of hydrogen-bond donors (Lipinski definition) is 1. The predicted octanol–water partition coefficient (Wildman–Crippen LogP) is 4.54. The average molecular weight is 290 g/mol. The molecule has 0 amide bonds. The van der Waals surface area contributed by atoms with Crippen molar-refractivity contribution in [3.63, 3.8) is 0 Å². The maximum Gasteiger partial charge on any atom is 0.392 e. The van der Waals surface area contributed by atoms with Crippen molar-refractivity contribution in [2.75, 3.05) is 0 Å². The van der Waals surface area contributed by atoms with Gasteiger partial charge in [-0.25, -0.2) is 4.39 Å². The van der Waals surface area contributed by atoms with Gasteiger partial charge in [-0.2, -0.15) is 13.2 Å². The van der Waals surface area contributed by atoms with E-state index in [0.717, 1.165) is 6.07 Å². The van der Waals surface area contributed by atoms with Gasteiger partial charge in [0.15, 0.2) is 0 Å². The predicted molar refractivity (Wildman–Crippen MR) is 67.6 cm³/mol. The van der Waals surface area contributed by atoms with Crippen LogP contribution in [0.15, 0.2) is 18.2 Å². The number of aryl methyl sites for hydroxylation is 1. The monoisotopic (exact) mass is 290 g/mol. The zero-order valence-electron chi connectivity index (χ0n) is 11.3. The van der Waals surface area contributed by atoms with E-state index >= 15 is 0 Å². The van der Waals surface area contributed by atoms with Gasteiger partial charge in [0.25, 0.3) is 0 Å². The highest BCUT2D eigenvalue weighted by Gasteiger charge is 2.47. The van der Waals surface area contributed by atoms with Gasteiger partial charge >= 0.3 is 6.18 Å². The fraction of sp³-hybridized carbons (Fsp3) is 0.600. The molecule has 0 aliphatic heterocycles. The Balaban J connectivity index is 2.25. The van der Waals surface area contributed by atoms with E-state index in [0.29, 0.717) is 24.8 Å². The van der Waals surface area contributed by atoms with Crippen LogP contribution in [-0.4, -0.2) is 11.3 Å². The molecule has 0 bridgehead atoms. The van der Waals surface area contributed by atoms with E-state index in [1.54, 1.807) is 6.92 Å². The first kappa shape index (κ1) is 15.3. The van der Waals surface area contributed by atoms with Gasteiger partial charge in [-0.05, 0) is 37.0 Å². The number of alkyl halides is 3. The molecule has 0 spiro atoms. The van der Waals surface area contributed by atoms with Crippen LogP contribution < -0.4 is 0 Å². The summed E-state index contributed by atoms with van der Waals surface area (Å²) in [5.74, 6) is -2.89. The Kier molecular flexibility index (Phi) is 4.37. The summed E-state index contributed by atoms with van der Waals surface area (Å²) >= 11 is 0. The zero-order valence-corrected chi connectivity index (χ0v) is 11.3. The fourth-order valence-corrected chi connectivity index (χ4v) is 2.98. The molecule has 0 aromatic heterocycles. The number of aliphatic hydroxyl groups is 1. The fourth-order valence-electron chi connectivity index (χ4n) is 2.98. The smallest absolute Gasteiger partial charge is 0.388 e. The van der Waals surface area contributed by atoms with Crippen molar-refractivity contribution < 1.29 is 22.7 Å². The van der Waals surface area contributed by atoms with Gasteiger partial charge in [-0.3, -0.25) is 0 Å². The van der Waals surface area contributed by atoms with E-state index in [4.69, 9.17) is 0 Å². The molecule has 3 atom stereocenters. The second-order valence-electron chi connectivity index (χ2n) is 5.55. The van der Waals surface area contributed by atoms with Crippen LogP contribution in [0.25, 0.3) is 0 Å². The first-order valence-corrected chi connectivity index (χ1v) is 6.81. The second-order valence-corrected chi connectivity index (χ2v) is 5.55. The highest BCUT2D eigenvalue weighted by atomic mass is 19.4. The van der Waals surface area contributed by atoms with Crippen molar-refractivity contribution in [2.24, 2.45) is 11.8 Å². The van der Waals surface area contributed by atoms with Crippen molar-refractivity contribution in [3.8, 4) is 0 Å². The zero-order chi connectivity index (χ0) is 14.9. The lowest BCUT2D eigenvalue weighted by Gasteiger charge is -2.36. The van der Waals surface area contributed by atoms with Crippen molar-refractivity contribution in [3.05, 3.63) is 35.1 Å². The topological polar surface area (TPSA) is 20.2 Å². The third kappa shape index (κ3) is 3.14. The molecule has 3 unspecified atom stereocenters. The van der Waals surface area contributed by atoms with Crippen molar-refractivity contribution in [2.45, 2.75) is 44.9 Å². The van der Waals surface area contributed by atoms with Crippen LogP contribution in [-0.2, 0) is 0 Å². The van der Waals surface area contributed by atoms with Crippen molar-refractivity contribution >= 4 is 0 Å². The third-order valence-corrected chi connectivity index (χ3v) is 4.18. The van der Waals surface area contributed by atoms with Crippen LogP contribution in [0, 0.1) is 24.6 Å². The molecule has 1 saturated carbocycles. The standard InChI is InChI=1S/C15H18F4O/c1-9-6-7-10(8-13(9)16)14(20)11-4-2-3-5-12(11)15(17,18)19/h6-8,11-12,14,20H,2-5H2,1H3. The van der Waals surface area contributed by atoms with Crippen LogP contribution in [0.2, 0.25) is 0 Å². The minimum Gasteiger partial charge on any atom is -0.388 e. The average Bonchev–Trinajstić information content (AvgIpc) is 2.40. The summed E-state index contributed by atoms with van der Waals surface area (Å²) in [5, 5.41) is 10.2. The summed E-state index contributed by atoms with van der Waals surface area (Å²) in [6.45, 7) is 1.57. The molecule has 0 saturated heterocycles. The Morgan fingerprint density at radius 1 is 1.20 bits per heavy atom. The lowest BCUT2D eigenvalue weighted by molar-refractivity contribution is -0.207. The summed E-state index contributed by atoms with van der Waals surface area (Å²) in [5.41, 5.74) is 0.645. The van der Waals surface area contributed by atoms with Crippen LogP contribution in [0.1, 0.15) is 42.9 Å². The van der Waals surface area contributed by atoms with Gasteiger partial charge in [-0.1, -0.05) is 25.0 Å². The summed E-state index contributed by atoms with van der Waals surface area (Å²) in [6.07, 6.45) is -4.02. The maximum absolute atomic E-state index is 13.5. The quantitative estimate of drug-likeness (QED) is 0.793. The summed E-state index contributed by atoms with van der Waals surface area (Å²) < 4.78 is 52.6. The molecule has 1 nitrogen and oxygen atoms in total. The molecule has 0 radical (unpaired) electrons. The molecule has 1 aliphatic rings. The van der Waals surface area contributed by atoms with Gasteiger partial charge in [-0.15, -0.1) is 0 Å². The van der Waals surface area contributed by atoms with Gasteiger partial charge in [0.2, 0.25) is 0 Å². The number of rotatable bonds is 2. The Labute approximate surface area is 115 Å². The van der Waals surface area contributed by atoms with Crippen LogP contribution in [0.5, 0.6) is 0 Å². The number of aliphatic hydroxyl groups excluding tert-OH is 1. The Morgan fingerprint density at radius 3 is 2.45 bits per heavy atom. The molecule has 1 N–H and O–H groups in total. The van der Waals surface area contributed by atoms with Crippen molar-refractivity contribution in [1.82, 2.24) is 0 Å². The van der Waals surface area contributed by atoms with E-state index in [-0.39, 0.29) is 12.0 Å². The summed E-state index contributed by atoms with van der Waals surface area (Å²) in [4.78, 5) is 0. The molecule has 1 fully saturated rings. The number of benzene rings is 1. The SMILES string of the molecule is Cc1ccc(C(O)C2CCCCC2C(F)(F)F)cc1F. The van der Waals surface area contributed by atoms with E-state index in [2.05, 4.69) is 0 Å². The molecule has 1 aliphatic carbocycles. The first-order valence-electron chi connectivity index (χ1n) is 6.81. The van der Waals surface area contributed by atoms with Gasteiger partial charge < -0.3 is 5.11 Å². The molecule has 5 heteroatoms. The van der Waals surface area contributed by atoms with E-state index < -0.39 is 29.9 Å². The Morgan fingerprint density at radius 2 is 1.85 bits per heavy atom. The molecule has 1 aromatic rings. The second kappa shape index (κ2) is 5.72. The molecular formula is C15H18F4O. The highest BCUT2D eigenvalue weighted by Crippen LogP contribution is 2.46. The van der Waals surface area contributed by atoms with Crippen molar-refractivity contribution in [1.29, 1.82) is 0 Å². The largest absolute Gasteiger partial charge is 0.392 e. The lowest BCUT2D eigenvalue weighted by atomic mass is 9.74.